The van der Waals surface area contributed by atoms with Crippen molar-refractivity contribution in [1.29, 1.82) is 0 Å². The number of amides is 1. The highest BCUT2D eigenvalue weighted by molar-refractivity contribution is 7.99. The number of nitrogen functional groups attached to an aromatic ring is 1. The number of thioether (sulfide) groups is 1. The highest BCUT2D eigenvalue weighted by Gasteiger charge is 2.22. The van der Waals surface area contributed by atoms with Crippen molar-refractivity contribution in [1.82, 2.24) is 24.3 Å². The molecule has 0 saturated heterocycles. The number of nitrogens with zero attached hydrogens (tertiary/aromatic N) is 5. The Morgan fingerprint density at radius 3 is 2.70 bits per heavy atom. The maximum absolute atomic E-state index is 12.9. The molecule has 0 bridgehead atoms. The minimum Gasteiger partial charge on any atom is -0.495 e. The van der Waals surface area contributed by atoms with Crippen molar-refractivity contribution in [3.8, 4) is 11.4 Å². The molecule has 0 aliphatic rings. The number of hydrogen-bond acceptors (Lipinski definition) is 8. The molecule has 33 heavy (non-hydrogen) atoms. The SMILES string of the molecule is CCCCn1c(N)c(N(C)C(=O)CSc2nnc(C)n2-c2ccccc2OC)c(=O)[nH]c1=O. The Labute approximate surface area is 194 Å². The maximum atomic E-state index is 12.9. The Bertz CT molecular complexity index is 1260. The zero-order valence-corrected chi connectivity index (χ0v) is 19.8. The molecule has 0 unspecified atom stereocenters. The molecular weight excluding hydrogens is 446 g/mol. The average Bonchev–Trinajstić information content (AvgIpc) is 3.16. The summed E-state index contributed by atoms with van der Waals surface area (Å²) in [6.45, 7) is 4.13. The summed E-state index contributed by atoms with van der Waals surface area (Å²) in [5.74, 6) is 0.818. The molecule has 3 aromatic rings. The molecule has 12 heteroatoms. The van der Waals surface area contributed by atoms with Crippen LogP contribution in [0.1, 0.15) is 25.6 Å². The van der Waals surface area contributed by atoms with E-state index in [0.29, 0.717) is 29.7 Å². The van der Waals surface area contributed by atoms with Gasteiger partial charge in [-0.3, -0.25) is 23.7 Å². The van der Waals surface area contributed by atoms with Gasteiger partial charge in [-0.1, -0.05) is 37.2 Å². The highest BCUT2D eigenvalue weighted by atomic mass is 32.2. The van der Waals surface area contributed by atoms with E-state index in [1.54, 1.807) is 18.6 Å². The number of aryl methyl sites for hydroxylation is 1. The van der Waals surface area contributed by atoms with Gasteiger partial charge in [-0.15, -0.1) is 10.2 Å². The average molecular weight is 474 g/mol. The number of unbranched alkanes of at least 4 members (excludes halogenated alkanes) is 1. The molecule has 176 valence electrons. The van der Waals surface area contributed by atoms with Crippen LogP contribution in [0.5, 0.6) is 5.75 Å². The Morgan fingerprint density at radius 1 is 1.27 bits per heavy atom. The van der Waals surface area contributed by atoms with Gasteiger partial charge < -0.3 is 15.4 Å². The molecule has 0 aliphatic heterocycles. The Balaban J connectivity index is 1.85. The standard InChI is InChI=1S/C21H27N7O4S/c1-5-6-11-27-18(22)17(19(30)23-20(27)31)26(3)16(29)12-33-21-25-24-13(2)28(21)14-9-7-8-10-15(14)32-4/h7-10H,5-6,11-12,22H2,1-4H3,(H,23,30,31). The molecule has 0 atom stereocenters. The van der Waals surface area contributed by atoms with Gasteiger partial charge in [0.25, 0.3) is 5.56 Å². The number of aromatic amines is 1. The third kappa shape index (κ3) is 4.95. The van der Waals surface area contributed by atoms with Crippen molar-refractivity contribution >= 4 is 29.2 Å². The lowest BCUT2D eigenvalue weighted by Gasteiger charge is -2.20. The number of methoxy groups -OCH3 is 1. The van der Waals surface area contributed by atoms with E-state index in [1.807, 2.05) is 31.2 Å². The fourth-order valence-electron chi connectivity index (χ4n) is 3.32. The normalized spacial score (nSPS) is 10.9. The van der Waals surface area contributed by atoms with Crippen LogP contribution in [0.15, 0.2) is 39.0 Å². The van der Waals surface area contributed by atoms with E-state index < -0.39 is 11.2 Å². The van der Waals surface area contributed by atoms with Crippen LogP contribution in [-0.2, 0) is 11.3 Å². The van der Waals surface area contributed by atoms with Crippen LogP contribution in [-0.4, -0.2) is 50.1 Å². The van der Waals surface area contributed by atoms with E-state index in [1.165, 1.54) is 28.3 Å². The number of nitrogens with one attached hydrogen (secondary N) is 1. The molecule has 1 amide bonds. The van der Waals surface area contributed by atoms with E-state index >= 15 is 0 Å². The van der Waals surface area contributed by atoms with E-state index in [2.05, 4.69) is 15.2 Å². The molecule has 0 fully saturated rings. The molecule has 0 spiro atoms. The van der Waals surface area contributed by atoms with Crippen LogP contribution >= 0.6 is 11.8 Å². The fourth-order valence-corrected chi connectivity index (χ4v) is 4.22. The van der Waals surface area contributed by atoms with E-state index in [4.69, 9.17) is 10.5 Å². The van der Waals surface area contributed by atoms with Gasteiger partial charge in [0.2, 0.25) is 5.91 Å². The third-order valence-electron chi connectivity index (χ3n) is 5.10. The smallest absolute Gasteiger partial charge is 0.330 e. The topological polar surface area (TPSA) is 141 Å². The molecule has 3 rings (SSSR count). The first kappa shape index (κ1) is 24.1. The quantitative estimate of drug-likeness (QED) is 0.446. The predicted molar refractivity (Wildman–Crippen MR) is 127 cm³/mol. The number of rotatable bonds is 9. The van der Waals surface area contributed by atoms with Gasteiger partial charge in [0, 0.05) is 13.6 Å². The summed E-state index contributed by atoms with van der Waals surface area (Å²) in [5, 5.41) is 8.80. The van der Waals surface area contributed by atoms with Crippen molar-refractivity contribution in [2.75, 3.05) is 30.5 Å². The van der Waals surface area contributed by atoms with Gasteiger partial charge >= 0.3 is 5.69 Å². The number of benzene rings is 1. The van der Waals surface area contributed by atoms with Crippen LogP contribution in [0.25, 0.3) is 5.69 Å². The summed E-state index contributed by atoms with van der Waals surface area (Å²) in [7, 11) is 3.03. The number of ether oxygens (including phenoxy) is 1. The number of hydrogen-bond donors (Lipinski definition) is 2. The van der Waals surface area contributed by atoms with E-state index in [-0.39, 0.29) is 23.2 Å². The maximum Gasteiger partial charge on any atom is 0.330 e. The summed E-state index contributed by atoms with van der Waals surface area (Å²) in [6.07, 6.45) is 1.55. The van der Waals surface area contributed by atoms with Gasteiger partial charge in [0.15, 0.2) is 10.8 Å². The Morgan fingerprint density at radius 2 is 2.00 bits per heavy atom. The first-order valence-corrected chi connectivity index (χ1v) is 11.4. The molecule has 0 radical (unpaired) electrons. The minimum atomic E-state index is -0.709. The number of nitrogens with two attached hydrogens (primary N) is 1. The third-order valence-corrected chi connectivity index (χ3v) is 6.02. The van der Waals surface area contributed by atoms with Crippen molar-refractivity contribution in [3.63, 3.8) is 0 Å². The van der Waals surface area contributed by atoms with E-state index in [0.717, 1.165) is 12.1 Å². The molecule has 2 aromatic heterocycles. The zero-order chi connectivity index (χ0) is 24.1. The van der Waals surface area contributed by atoms with Crippen molar-refractivity contribution in [2.24, 2.45) is 0 Å². The summed E-state index contributed by atoms with van der Waals surface area (Å²) >= 11 is 1.17. The molecule has 1 aromatic carbocycles. The largest absolute Gasteiger partial charge is 0.495 e. The molecular formula is C21H27N7O4S. The second kappa shape index (κ2) is 10.4. The number of H-pyrrole nitrogens is 1. The van der Waals surface area contributed by atoms with Gasteiger partial charge in [-0.25, -0.2) is 4.79 Å². The minimum absolute atomic E-state index is 0.0310. The van der Waals surface area contributed by atoms with Crippen LogP contribution in [0.4, 0.5) is 11.5 Å². The Hall–Kier alpha value is -3.54. The lowest BCUT2D eigenvalue weighted by molar-refractivity contribution is -0.115. The summed E-state index contributed by atoms with van der Waals surface area (Å²) < 4.78 is 8.51. The summed E-state index contributed by atoms with van der Waals surface area (Å²) in [5.41, 5.74) is 5.50. The van der Waals surface area contributed by atoms with Crippen LogP contribution in [0.3, 0.4) is 0 Å². The number of para-hydroxylation sites is 2. The van der Waals surface area contributed by atoms with Crippen LogP contribution < -0.4 is 26.6 Å². The van der Waals surface area contributed by atoms with Crippen molar-refractivity contribution in [3.05, 3.63) is 50.9 Å². The lowest BCUT2D eigenvalue weighted by atomic mass is 10.3. The van der Waals surface area contributed by atoms with Crippen LogP contribution in [0.2, 0.25) is 0 Å². The van der Waals surface area contributed by atoms with Gasteiger partial charge in [-0.05, 0) is 25.5 Å². The Kier molecular flexibility index (Phi) is 7.59. The van der Waals surface area contributed by atoms with Gasteiger partial charge in [0.05, 0.1) is 18.6 Å². The molecule has 11 nitrogen and oxygen atoms in total. The zero-order valence-electron chi connectivity index (χ0n) is 19.0. The highest BCUT2D eigenvalue weighted by Crippen LogP contribution is 2.28. The van der Waals surface area contributed by atoms with Crippen LogP contribution in [0, 0.1) is 6.92 Å². The second-order valence-corrected chi connectivity index (χ2v) is 8.22. The molecule has 3 N–H and O–H groups in total. The first-order valence-electron chi connectivity index (χ1n) is 10.4. The molecule has 0 aliphatic carbocycles. The monoisotopic (exact) mass is 473 g/mol. The van der Waals surface area contributed by atoms with Gasteiger partial charge in [-0.2, -0.15) is 0 Å². The van der Waals surface area contributed by atoms with Crippen molar-refractivity contribution in [2.45, 2.75) is 38.4 Å². The van der Waals surface area contributed by atoms with E-state index in [9.17, 15) is 14.4 Å². The summed E-state index contributed by atoms with van der Waals surface area (Å²) in [4.78, 5) is 40.9. The van der Waals surface area contributed by atoms with Gasteiger partial charge in [0.1, 0.15) is 17.4 Å². The van der Waals surface area contributed by atoms with Crippen molar-refractivity contribution < 1.29 is 9.53 Å². The molecule has 0 saturated carbocycles. The molecule has 2 heterocycles. The number of carbonyl (C=O) groups excluding carboxylic acids is 1. The predicted octanol–water partition coefficient (Wildman–Crippen LogP) is 1.57. The first-order chi connectivity index (χ1) is 15.8. The number of aromatic nitrogens is 5. The number of anilines is 2. The fraction of sp³-hybridized carbons (Fsp3) is 0.381. The lowest BCUT2D eigenvalue weighted by Crippen LogP contribution is -2.40. The second-order valence-electron chi connectivity index (χ2n) is 7.28. The number of carbonyl (C=O) groups is 1. The summed E-state index contributed by atoms with van der Waals surface area (Å²) in [6, 6.07) is 7.42.